The van der Waals surface area contributed by atoms with Gasteiger partial charge in [0.05, 0.1) is 12.6 Å². The maximum absolute atomic E-state index is 12.2. The summed E-state index contributed by atoms with van der Waals surface area (Å²) in [5.41, 5.74) is 6.47. The SMILES string of the molecule is CCCOc1ccc(Oc2ncccc2CNC(=O)[C@@H](N)C(C)(C)C)cc1.Cl.Cl. The molecule has 1 amide bonds. The number of nitrogens with one attached hydrogen (secondary N) is 1. The molecule has 0 spiro atoms. The number of rotatable bonds is 8. The van der Waals surface area contributed by atoms with E-state index in [4.69, 9.17) is 15.2 Å². The van der Waals surface area contributed by atoms with Crippen molar-refractivity contribution in [1.82, 2.24) is 10.3 Å². The first-order valence-corrected chi connectivity index (χ1v) is 9.19. The van der Waals surface area contributed by atoms with Gasteiger partial charge in [-0.05, 0) is 42.2 Å². The summed E-state index contributed by atoms with van der Waals surface area (Å²) in [6.07, 6.45) is 2.61. The molecule has 0 aliphatic heterocycles. The van der Waals surface area contributed by atoms with Gasteiger partial charge in [0.1, 0.15) is 11.5 Å². The van der Waals surface area contributed by atoms with Gasteiger partial charge >= 0.3 is 0 Å². The van der Waals surface area contributed by atoms with Gasteiger partial charge in [0, 0.05) is 18.3 Å². The minimum absolute atomic E-state index is 0. The van der Waals surface area contributed by atoms with Gasteiger partial charge in [0.15, 0.2) is 0 Å². The number of pyridine rings is 1. The molecule has 0 aliphatic rings. The smallest absolute Gasteiger partial charge is 0.237 e. The molecule has 2 aromatic rings. The van der Waals surface area contributed by atoms with Crippen LogP contribution in [0.2, 0.25) is 0 Å². The number of hydrogen-bond donors (Lipinski definition) is 2. The van der Waals surface area contributed by atoms with Crippen molar-refractivity contribution in [3.8, 4) is 17.4 Å². The van der Waals surface area contributed by atoms with E-state index >= 15 is 0 Å². The van der Waals surface area contributed by atoms with Crippen molar-refractivity contribution in [2.75, 3.05) is 6.61 Å². The number of ether oxygens (including phenoxy) is 2. The fourth-order valence-electron chi connectivity index (χ4n) is 2.27. The van der Waals surface area contributed by atoms with Crippen LogP contribution in [0.1, 0.15) is 39.7 Å². The molecule has 0 radical (unpaired) electrons. The molecule has 29 heavy (non-hydrogen) atoms. The van der Waals surface area contributed by atoms with E-state index in [1.165, 1.54) is 0 Å². The Morgan fingerprint density at radius 1 is 1.14 bits per heavy atom. The molecule has 0 aliphatic carbocycles. The normalized spacial score (nSPS) is 11.5. The summed E-state index contributed by atoms with van der Waals surface area (Å²) in [6, 6.07) is 10.5. The molecule has 1 heterocycles. The Kier molecular flexibility index (Phi) is 11.7. The number of hydrogen-bond acceptors (Lipinski definition) is 5. The van der Waals surface area contributed by atoms with E-state index in [0.29, 0.717) is 24.8 Å². The summed E-state index contributed by atoms with van der Waals surface area (Å²) < 4.78 is 11.4. The van der Waals surface area contributed by atoms with Crippen molar-refractivity contribution < 1.29 is 14.3 Å². The maximum Gasteiger partial charge on any atom is 0.237 e. The molecule has 3 N–H and O–H groups in total. The summed E-state index contributed by atoms with van der Waals surface area (Å²) in [6.45, 7) is 8.84. The third kappa shape index (κ3) is 8.48. The number of aromatic nitrogens is 1. The molecule has 1 aromatic heterocycles. The van der Waals surface area contributed by atoms with Crippen LogP contribution in [0, 0.1) is 5.41 Å². The van der Waals surface area contributed by atoms with Gasteiger partial charge in [0.25, 0.3) is 0 Å². The van der Waals surface area contributed by atoms with E-state index in [2.05, 4.69) is 17.2 Å². The fourth-order valence-corrected chi connectivity index (χ4v) is 2.27. The molecule has 1 atom stereocenters. The van der Waals surface area contributed by atoms with Gasteiger partial charge in [0.2, 0.25) is 11.8 Å². The zero-order valence-electron chi connectivity index (χ0n) is 17.3. The highest BCUT2D eigenvalue weighted by atomic mass is 35.5. The Balaban J connectivity index is 0.00000392. The molecule has 0 saturated heterocycles. The van der Waals surface area contributed by atoms with Gasteiger partial charge < -0.3 is 20.5 Å². The van der Waals surface area contributed by atoms with E-state index < -0.39 is 6.04 Å². The standard InChI is InChI=1S/C21H29N3O3.2ClH/c1-5-13-26-16-8-10-17(11-9-16)27-20-15(7-6-12-23-20)14-24-19(25)18(22)21(2,3)4;;/h6-12,18H,5,13-14,22H2,1-4H3,(H,24,25);2*1H/t18-;;/m1../s1. The van der Waals surface area contributed by atoms with Crippen molar-refractivity contribution in [3.63, 3.8) is 0 Å². The van der Waals surface area contributed by atoms with Crippen LogP contribution in [0.5, 0.6) is 17.4 Å². The highest BCUT2D eigenvalue weighted by Gasteiger charge is 2.27. The third-order valence-electron chi connectivity index (χ3n) is 4.03. The van der Waals surface area contributed by atoms with E-state index in [0.717, 1.165) is 17.7 Å². The Labute approximate surface area is 185 Å². The van der Waals surface area contributed by atoms with Crippen LogP contribution in [-0.4, -0.2) is 23.5 Å². The monoisotopic (exact) mass is 443 g/mol. The summed E-state index contributed by atoms with van der Waals surface area (Å²) in [4.78, 5) is 16.5. The number of carbonyl (C=O) groups is 1. The van der Waals surface area contributed by atoms with E-state index in [9.17, 15) is 4.79 Å². The first-order valence-electron chi connectivity index (χ1n) is 9.19. The number of nitrogens with zero attached hydrogens (tertiary/aromatic N) is 1. The second kappa shape index (κ2) is 12.5. The first-order chi connectivity index (χ1) is 12.8. The van der Waals surface area contributed by atoms with E-state index in [1.807, 2.05) is 51.1 Å². The van der Waals surface area contributed by atoms with E-state index in [-0.39, 0.29) is 36.1 Å². The first kappa shape index (κ1) is 27.0. The van der Waals surface area contributed by atoms with Gasteiger partial charge in [-0.1, -0.05) is 33.8 Å². The highest BCUT2D eigenvalue weighted by Crippen LogP contribution is 2.25. The molecular formula is C21H31Cl2N3O3. The van der Waals surface area contributed by atoms with Crippen molar-refractivity contribution in [2.45, 2.75) is 46.7 Å². The molecule has 0 saturated carbocycles. The van der Waals surface area contributed by atoms with Crippen molar-refractivity contribution in [1.29, 1.82) is 0 Å². The Bertz CT molecular complexity index is 750. The predicted molar refractivity (Wildman–Crippen MR) is 120 cm³/mol. The number of amides is 1. The Hall–Kier alpha value is -2.02. The Morgan fingerprint density at radius 3 is 2.34 bits per heavy atom. The number of benzene rings is 1. The summed E-state index contributed by atoms with van der Waals surface area (Å²) in [5, 5.41) is 2.86. The van der Waals surface area contributed by atoms with Gasteiger partial charge in [-0.25, -0.2) is 4.98 Å². The van der Waals surface area contributed by atoms with Crippen LogP contribution >= 0.6 is 24.8 Å². The predicted octanol–water partition coefficient (Wildman–Crippen LogP) is 4.50. The summed E-state index contributed by atoms with van der Waals surface area (Å²) in [7, 11) is 0. The lowest BCUT2D eigenvalue weighted by Crippen LogP contribution is -2.48. The maximum atomic E-state index is 12.2. The number of halogens is 2. The lowest BCUT2D eigenvalue weighted by Gasteiger charge is -2.25. The molecule has 6 nitrogen and oxygen atoms in total. The molecule has 8 heteroatoms. The zero-order valence-corrected chi connectivity index (χ0v) is 18.9. The molecule has 162 valence electrons. The van der Waals surface area contributed by atoms with E-state index in [1.54, 1.807) is 12.3 Å². The average Bonchev–Trinajstić information content (AvgIpc) is 2.65. The molecule has 0 fully saturated rings. The van der Waals surface area contributed by atoms with Crippen LogP contribution in [0.4, 0.5) is 0 Å². The quantitative estimate of drug-likeness (QED) is 0.626. The van der Waals surface area contributed by atoms with Gasteiger partial charge in [-0.2, -0.15) is 0 Å². The fraction of sp³-hybridized carbons (Fsp3) is 0.429. The zero-order chi connectivity index (χ0) is 19.9. The summed E-state index contributed by atoms with van der Waals surface area (Å²) in [5.74, 6) is 1.70. The number of nitrogens with two attached hydrogens (primary N) is 1. The van der Waals surface area contributed by atoms with Crippen LogP contribution < -0.4 is 20.5 Å². The van der Waals surface area contributed by atoms with Crippen molar-refractivity contribution >= 4 is 30.7 Å². The molecule has 0 unspecified atom stereocenters. The molecule has 1 aromatic carbocycles. The van der Waals surface area contributed by atoms with Crippen LogP contribution in [0.3, 0.4) is 0 Å². The lowest BCUT2D eigenvalue weighted by atomic mass is 9.87. The molecule has 2 rings (SSSR count). The minimum atomic E-state index is -0.589. The topological polar surface area (TPSA) is 86.5 Å². The molecule has 0 bridgehead atoms. The number of carbonyl (C=O) groups excluding carboxylic acids is 1. The highest BCUT2D eigenvalue weighted by molar-refractivity contribution is 5.85. The largest absolute Gasteiger partial charge is 0.494 e. The van der Waals surface area contributed by atoms with Crippen molar-refractivity contribution in [2.24, 2.45) is 11.1 Å². The van der Waals surface area contributed by atoms with Crippen LogP contribution in [0.25, 0.3) is 0 Å². The minimum Gasteiger partial charge on any atom is -0.494 e. The third-order valence-corrected chi connectivity index (χ3v) is 4.03. The van der Waals surface area contributed by atoms with Crippen molar-refractivity contribution in [3.05, 3.63) is 48.2 Å². The van der Waals surface area contributed by atoms with Crippen LogP contribution in [0.15, 0.2) is 42.6 Å². The van der Waals surface area contributed by atoms with Gasteiger partial charge in [-0.15, -0.1) is 24.8 Å². The van der Waals surface area contributed by atoms with Gasteiger partial charge in [-0.3, -0.25) is 4.79 Å². The summed E-state index contributed by atoms with van der Waals surface area (Å²) >= 11 is 0. The van der Waals surface area contributed by atoms with Crippen LogP contribution in [-0.2, 0) is 11.3 Å². The average molecular weight is 444 g/mol. The second-order valence-electron chi connectivity index (χ2n) is 7.45. The second-order valence-corrected chi connectivity index (χ2v) is 7.45. The lowest BCUT2D eigenvalue weighted by molar-refractivity contribution is -0.124. The molecular weight excluding hydrogens is 413 g/mol. The Morgan fingerprint density at radius 2 is 1.76 bits per heavy atom.